The fourth-order valence-electron chi connectivity index (χ4n) is 2.15. The summed E-state index contributed by atoms with van der Waals surface area (Å²) in [5.41, 5.74) is 0.742. The van der Waals surface area contributed by atoms with Crippen LogP contribution in [0.4, 0.5) is 0 Å². The summed E-state index contributed by atoms with van der Waals surface area (Å²) in [6.45, 7) is 1.74. The molecule has 0 aromatic carbocycles. The Balaban J connectivity index is 2.10. The quantitative estimate of drug-likeness (QED) is 0.875. The first kappa shape index (κ1) is 11.9. The summed E-state index contributed by atoms with van der Waals surface area (Å²) in [7, 11) is 0. The van der Waals surface area contributed by atoms with Crippen molar-refractivity contribution in [1.82, 2.24) is 4.98 Å². The molecule has 0 bridgehead atoms. The molecule has 0 saturated heterocycles. The van der Waals surface area contributed by atoms with E-state index >= 15 is 0 Å². The van der Waals surface area contributed by atoms with Gasteiger partial charge in [-0.2, -0.15) is 0 Å². The number of pyridine rings is 1. The molecule has 0 spiro atoms. The number of ether oxygens (including phenoxy) is 1. The van der Waals surface area contributed by atoms with Gasteiger partial charge in [0.2, 0.25) is 5.88 Å². The maximum absolute atomic E-state index is 10.9. The largest absolute Gasteiger partial charge is 0.477 e. The molecule has 0 atom stereocenters. The van der Waals surface area contributed by atoms with Crippen molar-refractivity contribution in [1.29, 1.82) is 0 Å². The van der Waals surface area contributed by atoms with Crippen LogP contribution in [0.5, 0.6) is 5.88 Å². The van der Waals surface area contributed by atoms with Gasteiger partial charge in [0.05, 0.1) is 0 Å². The van der Waals surface area contributed by atoms with Crippen LogP contribution in [-0.2, 0) is 0 Å². The molecular weight excluding hydrogens is 218 g/mol. The Morgan fingerprint density at radius 3 is 2.71 bits per heavy atom. The Morgan fingerprint density at radius 2 is 2.06 bits per heavy atom. The van der Waals surface area contributed by atoms with Crippen molar-refractivity contribution in [2.45, 2.75) is 45.1 Å². The Kier molecular flexibility index (Phi) is 3.61. The van der Waals surface area contributed by atoms with Crippen LogP contribution < -0.4 is 4.74 Å². The number of hydrogen-bond acceptors (Lipinski definition) is 3. The predicted octanol–water partition coefficient (Wildman–Crippen LogP) is 2.80. The molecule has 1 aliphatic carbocycles. The summed E-state index contributed by atoms with van der Waals surface area (Å²) in [5.74, 6) is -0.573. The molecule has 0 unspecified atom stereocenters. The smallest absolute Gasteiger partial charge is 0.354 e. The Morgan fingerprint density at radius 1 is 1.35 bits per heavy atom. The summed E-state index contributed by atoms with van der Waals surface area (Å²) in [4.78, 5) is 15.0. The standard InChI is InChI=1S/C13H17NO3/c1-9-7-8-11(14-12(9)13(15)16)17-10-5-3-2-4-6-10/h7-8,10H,2-6H2,1H3,(H,15,16). The second kappa shape index (κ2) is 5.17. The minimum absolute atomic E-state index is 0.0818. The molecule has 2 rings (SSSR count). The van der Waals surface area contributed by atoms with Gasteiger partial charge in [0.25, 0.3) is 0 Å². The molecule has 1 aromatic heterocycles. The number of hydrogen-bond donors (Lipinski definition) is 1. The highest BCUT2D eigenvalue weighted by Gasteiger charge is 2.17. The van der Waals surface area contributed by atoms with Gasteiger partial charge in [-0.15, -0.1) is 0 Å². The first-order valence-electron chi connectivity index (χ1n) is 6.04. The van der Waals surface area contributed by atoms with Crippen molar-refractivity contribution in [2.75, 3.05) is 0 Å². The van der Waals surface area contributed by atoms with E-state index in [9.17, 15) is 4.79 Å². The topological polar surface area (TPSA) is 59.4 Å². The van der Waals surface area contributed by atoms with Gasteiger partial charge in [0.15, 0.2) is 5.69 Å². The lowest BCUT2D eigenvalue weighted by Gasteiger charge is -2.22. The van der Waals surface area contributed by atoms with Crippen LogP contribution in [0.1, 0.15) is 48.2 Å². The molecule has 4 heteroatoms. The zero-order valence-corrected chi connectivity index (χ0v) is 9.98. The van der Waals surface area contributed by atoms with Gasteiger partial charge < -0.3 is 9.84 Å². The number of carboxylic acids is 1. The molecule has 0 radical (unpaired) electrons. The van der Waals surface area contributed by atoms with Crippen LogP contribution in [0.15, 0.2) is 12.1 Å². The van der Waals surface area contributed by atoms with Crippen molar-refractivity contribution < 1.29 is 14.6 Å². The van der Waals surface area contributed by atoms with Crippen molar-refractivity contribution in [3.63, 3.8) is 0 Å². The molecule has 4 nitrogen and oxygen atoms in total. The Hall–Kier alpha value is -1.58. The van der Waals surface area contributed by atoms with Gasteiger partial charge in [0, 0.05) is 6.07 Å². The molecule has 1 heterocycles. The second-order valence-electron chi connectivity index (χ2n) is 4.50. The molecule has 92 valence electrons. The molecule has 17 heavy (non-hydrogen) atoms. The number of carboxylic acid groups (broad SMARTS) is 1. The highest BCUT2D eigenvalue weighted by Crippen LogP contribution is 2.22. The van der Waals surface area contributed by atoms with E-state index < -0.39 is 5.97 Å². The molecule has 1 saturated carbocycles. The van der Waals surface area contributed by atoms with Gasteiger partial charge in [-0.25, -0.2) is 9.78 Å². The summed E-state index contributed by atoms with van der Waals surface area (Å²) < 4.78 is 5.73. The molecule has 0 amide bonds. The van der Waals surface area contributed by atoms with E-state index in [1.54, 1.807) is 19.1 Å². The third-order valence-electron chi connectivity index (χ3n) is 3.11. The van der Waals surface area contributed by atoms with Crippen LogP contribution >= 0.6 is 0 Å². The van der Waals surface area contributed by atoms with Crippen LogP contribution in [0.25, 0.3) is 0 Å². The number of carbonyl (C=O) groups is 1. The summed E-state index contributed by atoms with van der Waals surface area (Å²) in [5, 5.41) is 8.98. The number of aryl methyl sites for hydroxylation is 1. The monoisotopic (exact) mass is 235 g/mol. The number of nitrogens with zero attached hydrogens (tertiary/aromatic N) is 1. The SMILES string of the molecule is Cc1ccc(OC2CCCCC2)nc1C(=O)O. The Bertz CT molecular complexity index is 411. The molecule has 1 fully saturated rings. The third kappa shape index (κ3) is 2.96. The number of aromatic carboxylic acids is 1. The molecular formula is C13H17NO3. The van der Waals surface area contributed by atoms with E-state index in [0.717, 1.165) is 12.8 Å². The van der Waals surface area contributed by atoms with Crippen LogP contribution in [0.2, 0.25) is 0 Å². The van der Waals surface area contributed by atoms with Crippen molar-refractivity contribution in [3.05, 3.63) is 23.4 Å². The van der Waals surface area contributed by atoms with Crippen molar-refractivity contribution in [3.8, 4) is 5.88 Å². The zero-order chi connectivity index (χ0) is 12.3. The summed E-state index contributed by atoms with van der Waals surface area (Å²) in [6, 6.07) is 3.49. The highest BCUT2D eigenvalue weighted by molar-refractivity contribution is 5.87. The average molecular weight is 235 g/mol. The Labute approximate surface area is 101 Å². The predicted molar refractivity (Wildman–Crippen MR) is 63.4 cm³/mol. The maximum Gasteiger partial charge on any atom is 0.354 e. The normalized spacial score (nSPS) is 16.8. The lowest BCUT2D eigenvalue weighted by Crippen LogP contribution is -2.20. The van der Waals surface area contributed by atoms with Gasteiger partial charge in [-0.1, -0.05) is 12.5 Å². The number of rotatable bonds is 3. The van der Waals surface area contributed by atoms with E-state index in [0.29, 0.717) is 11.4 Å². The first-order valence-corrected chi connectivity index (χ1v) is 6.04. The number of aromatic nitrogens is 1. The molecule has 0 aliphatic heterocycles. The third-order valence-corrected chi connectivity index (χ3v) is 3.11. The minimum atomic E-state index is -1.00. The van der Waals surface area contributed by atoms with Gasteiger partial charge in [-0.05, 0) is 38.2 Å². The lowest BCUT2D eigenvalue weighted by molar-refractivity contribution is 0.0686. The van der Waals surface area contributed by atoms with E-state index in [1.165, 1.54) is 19.3 Å². The van der Waals surface area contributed by atoms with Crippen LogP contribution in [-0.4, -0.2) is 22.2 Å². The molecule has 1 aromatic rings. The first-order chi connectivity index (χ1) is 8.16. The molecule has 1 aliphatic rings. The van der Waals surface area contributed by atoms with Crippen molar-refractivity contribution in [2.24, 2.45) is 0 Å². The molecule has 1 N–H and O–H groups in total. The zero-order valence-electron chi connectivity index (χ0n) is 9.98. The van der Waals surface area contributed by atoms with E-state index in [1.807, 2.05) is 0 Å². The maximum atomic E-state index is 10.9. The average Bonchev–Trinajstić information content (AvgIpc) is 2.32. The summed E-state index contributed by atoms with van der Waals surface area (Å²) in [6.07, 6.45) is 5.91. The summed E-state index contributed by atoms with van der Waals surface area (Å²) >= 11 is 0. The second-order valence-corrected chi connectivity index (χ2v) is 4.50. The van der Waals surface area contributed by atoms with Gasteiger partial charge in [0.1, 0.15) is 6.10 Å². The van der Waals surface area contributed by atoms with Crippen molar-refractivity contribution >= 4 is 5.97 Å². The van der Waals surface area contributed by atoms with E-state index in [-0.39, 0.29) is 11.8 Å². The van der Waals surface area contributed by atoms with Gasteiger partial charge in [-0.3, -0.25) is 0 Å². The van der Waals surface area contributed by atoms with E-state index in [2.05, 4.69) is 4.98 Å². The highest BCUT2D eigenvalue weighted by atomic mass is 16.5. The fourth-order valence-corrected chi connectivity index (χ4v) is 2.15. The lowest BCUT2D eigenvalue weighted by atomic mass is 9.98. The van der Waals surface area contributed by atoms with Crippen LogP contribution in [0, 0.1) is 6.92 Å². The van der Waals surface area contributed by atoms with Crippen LogP contribution in [0.3, 0.4) is 0 Å². The van der Waals surface area contributed by atoms with Gasteiger partial charge >= 0.3 is 5.97 Å². The minimum Gasteiger partial charge on any atom is -0.477 e. The fraction of sp³-hybridized carbons (Fsp3) is 0.538. The van der Waals surface area contributed by atoms with E-state index in [4.69, 9.17) is 9.84 Å².